The number of para-hydroxylation sites is 1. The van der Waals surface area contributed by atoms with Crippen LogP contribution in [0.25, 0.3) is 5.69 Å². The Morgan fingerprint density at radius 3 is 2.80 bits per heavy atom. The van der Waals surface area contributed by atoms with Crippen LogP contribution in [0.15, 0.2) is 30.3 Å². The number of nitrogens with zero attached hydrogens (tertiary/aromatic N) is 4. The molecule has 6 heteroatoms. The van der Waals surface area contributed by atoms with Gasteiger partial charge in [0.1, 0.15) is 0 Å². The van der Waals surface area contributed by atoms with Crippen molar-refractivity contribution in [2.75, 3.05) is 18.5 Å². The van der Waals surface area contributed by atoms with Crippen molar-refractivity contribution >= 4 is 5.95 Å². The fourth-order valence-corrected chi connectivity index (χ4v) is 1.21. The number of rotatable bonds is 4. The molecule has 0 unspecified atom stereocenters. The first-order chi connectivity index (χ1) is 7.42. The zero-order valence-corrected chi connectivity index (χ0v) is 8.04. The van der Waals surface area contributed by atoms with Crippen molar-refractivity contribution in [3.63, 3.8) is 0 Å². The number of hydrogen-bond acceptors (Lipinski definition) is 5. The maximum absolute atomic E-state index is 8.69. The highest BCUT2D eigenvalue weighted by Gasteiger charge is 2.05. The highest BCUT2D eigenvalue weighted by atomic mass is 16.3. The minimum absolute atomic E-state index is 0.0433. The van der Waals surface area contributed by atoms with E-state index in [1.807, 2.05) is 30.3 Å². The number of aliphatic hydroxyl groups is 1. The topological polar surface area (TPSA) is 75.9 Å². The van der Waals surface area contributed by atoms with E-state index in [-0.39, 0.29) is 6.61 Å². The number of aliphatic hydroxyl groups excluding tert-OH is 1. The lowest BCUT2D eigenvalue weighted by Crippen LogP contribution is -2.11. The van der Waals surface area contributed by atoms with E-state index in [4.69, 9.17) is 5.11 Å². The van der Waals surface area contributed by atoms with Gasteiger partial charge in [-0.3, -0.25) is 0 Å². The molecule has 0 radical (unpaired) electrons. The number of anilines is 1. The molecule has 15 heavy (non-hydrogen) atoms. The van der Waals surface area contributed by atoms with Gasteiger partial charge < -0.3 is 10.4 Å². The zero-order chi connectivity index (χ0) is 10.5. The maximum atomic E-state index is 8.69. The van der Waals surface area contributed by atoms with Gasteiger partial charge in [0, 0.05) is 6.54 Å². The second kappa shape index (κ2) is 4.52. The van der Waals surface area contributed by atoms with Crippen LogP contribution in [0.4, 0.5) is 5.95 Å². The first-order valence-electron chi connectivity index (χ1n) is 4.60. The third kappa shape index (κ3) is 2.10. The van der Waals surface area contributed by atoms with Crippen molar-refractivity contribution in [1.29, 1.82) is 0 Å². The lowest BCUT2D eigenvalue weighted by molar-refractivity contribution is 0.310. The van der Waals surface area contributed by atoms with Crippen LogP contribution >= 0.6 is 0 Å². The van der Waals surface area contributed by atoms with Gasteiger partial charge in [-0.15, -0.1) is 0 Å². The van der Waals surface area contributed by atoms with E-state index >= 15 is 0 Å². The molecule has 2 aromatic rings. The monoisotopic (exact) mass is 205 g/mol. The van der Waals surface area contributed by atoms with E-state index < -0.39 is 0 Å². The van der Waals surface area contributed by atoms with Crippen molar-refractivity contribution in [2.45, 2.75) is 0 Å². The van der Waals surface area contributed by atoms with Crippen molar-refractivity contribution in [3.8, 4) is 5.69 Å². The number of benzene rings is 1. The molecule has 1 aromatic carbocycles. The Morgan fingerprint density at radius 1 is 1.27 bits per heavy atom. The summed E-state index contributed by atoms with van der Waals surface area (Å²) in [5.74, 6) is 0.523. The smallest absolute Gasteiger partial charge is 0.247 e. The summed E-state index contributed by atoms with van der Waals surface area (Å²) in [7, 11) is 0. The lowest BCUT2D eigenvalue weighted by atomic mass is 10.3. The largest absolute Gasteiger partial charge is 0.395 e. The highest BCUT2D eigenvalue weighted by Crippen LogP contribution is 2.09. The Balaban J connectivity index is 2.25. The predicted octanol–water partition coefficient (Wildman–Crippen LogP) is 0.0665. The van der Waals surface area contributed by atoms with Gasteiger partial charge in [0.25, 0.3) is 0 Å². The number of aromatic nitrogens is 4. The fraction of sp³-hybridized carbons (Fsp3) is 0.222. The summed E-state index contributed by atoms with van der Waals surface area (Å²) < 4.78 is 1.58. The van der Waals surface area contributed by atoms with Crippen LogP contribution in [0, 0.1) is 0 Å². The third-order valence-corrected chi connectivity index (χ3v) is 1.87. The molecule has 0 aliphatic carbocycles. The second-order valence-corrected chi connectivity index (χ2v) is 2.90. The quantitative estimate of drug-likeness (QED) is 0.738. The fourth-order valence-electron chi connectivity index (χ4n) is 1.21. The van der Waals surface area contributed by atoms with Crippen molar-refractivity contribution in [2.24, 2.45) is 0 Å². The molecule has 6 nitrogen and oxygen atoms in total. The Labute approximate surface area is 86.5 Å². The summed E-state index contributed by atoms with van der Waals surface area (Å²) >= 11 is 0. The molecule has 2 rings (SSSR count). The maximum Gasteiger partial charge on any atom is 0.247 e. The van der Waals surface area contributed by atoms with E-state index in [0.717, 1.165) is 5.69 Å². The van der Waals surface area contributed by atoms with E-state index in [1.54, 1.807) is 4.68 Å². The number of hydrogen-bond donors (Lipinski definition) is 2. The molecular formula is C9H11N5O. The molecule has 0 aliphatic heterocycles. The van der Waals surface area contributed by atoms with Gasteiger partial charge in [0.05, 0.1) is 12.3 Å². The summed E-state index contributed by atoms with van der Waals surface area (Å²) in [4.78, 5) is 0. The van der Waals surface area contributed by atoms with E-state index in [9.17, 15) is 0 Å². The molecular weight excluding hydrogens is 194 g/mol. The Morgan fingerprint density at radius 2 is 2.07 bits per heavy atom. The minimum atomic E-state index is 0.0433. The molecule has 0 saturated heterocycles. The molecule has 0 bridgehead atoms. The van der Waals surface area contributed by atoms with Gasteiger partial charge in [-0.05, 0) is 22.6 Å². The average Bonchev–Trinajstić information content (AvgIpc) is 2.75. The molecule has 0 atom stereocenters. The van der Waals surface area contributed by atoms with Crippen molar-refractivity contribution in [3.05, 3.63) is 30.3 Å². The van der Waals surface area contributed by atoms with Gasteiger partial charge in [0.2, 0.25) is 5.95 Å². The standard InChI is InChI=1S/C9H11N5O/c15-7-6-10-9-11-12-13-14(9)8-4-2-1-3-5-8/h1-5,15H,6-7H2,(H,10,11,13). The van der Waals surface area contributed by atoms with Gasteiger partial charge >= 0.3 is 0 Å². The molecule has 0 amide bonds. The Bertz CT molecular complexity index is 413. The van der Waals surface area contributed by atoms with E-state index in [1.165, 1.54) is 0 Å². The molecule has 1 aromatic heterocycles. The van der Waals surface area contributed by atoms with Crippen LogP contribution < -0.4 is 5.32 Å². The zero-order valence-electron chi connectivity index (χ0n) is 8.04. The third-order valence-electron chi connectivity index (χ3n) is 1.87. The Hall–Kier alpha value is -1.95. The number of nitrogens with one attached hydrogen (secondary N) is 1. The summed E-state index contributed by atoms with van der Waals surface area (Å²) in [6, 6.07) is 9.55. The molecule has 78 valence electrons. The van der Waals surface area contributed by atoms with Crippen molar-refractivity contribution in [1.82, 2.24) is 20.2 Å². The lowest BCUT2D eigenvalue weighted by Gasteiger charge is -2.04. The normalized spacial score (nSPS) is 10.2. The van der Waals surface area contributed by atoms with Crippen LogP contribution in [0.1, 0.15) is 0 Å². The average molecular weight is 205 g/mol. The Kier molecular flexibility index (Phi) is 2.89. The first kappa shape index (κ1) is 9.60. The molecule has 0 aliphatic rings. The second-order valence-electron chi connectivity index (χ2n) is 2.90. The van der Waals surface area contributed by atoms with Gasteiger partial charge in [-0.2, -0.15) is 4.68 Å². The van der Waals surface area contributed by atoms with Gasteiger partial charge in [-0.1, -0.05) is 23.3 Å². The molecule has 0 fully saturated rings. The van der Waals surface area contributed by atoms with Crippen LogP contribution in [-0.2, 0) is 0 Å². The van der Waals surface area contributed by atoms with Crippen LogP contribution in [0.2, 0.25) is 0 Å². The highest BCUT2D eigenvalue weighted by molar-refractivity contribution is 5.38. The summed E-state index contributed by atoms with van der Waals surface area (Å²) in [5.41, 5.74) is 0.878. The van der Waals surface area contributed by atoms with Crippen LogP contribution in [0.3, 0.4) is 0 Å². The van der Waals surface area contributed by atoms with Crippen LogP contribution in [-0.4, -0.2) is 38.5 Å². The van der Waals surface area contributed by atoms with Gasteiger partial charge in [0.15, 0.2) is 0 Å². The first-order valence-corrected chi connectivity index (χ1v) is 4.60. The summed E-state index contributed by atoms with van der Waals surface area (Å²) in [5, 5.41) is 22.8. The van der Waals surface area contributed by atoms with E-state index in [0.29, 0.717) is 12.5 Å². The SMILES string of the molecule is OCCNc1nnnn1-c1ccccc1. The van der Waals surface area contributed by atoms with Crippen LogP contribution in [0.5, 0.6) is 0 Å². The van der Waals surface area contributed by atoms with Crippen molar-refractivity contribution < 1.29 is 5.11 Å². The van der Waals surface area contributed by atoms with E-state index in [2.05, 4.69) is 20.8 Å². The molecule has 2 N–H and O–H groups in total. The summed E-state index contributed by atoms with van der Waals surface area (Å²) in [6.07, 6.45) is 0. The summed E-state index contributed by atoms with van der Waals surface area (Å²) in [6.45, 7) is 0.467. The number of tetrazole rings is 1. The minimum Gasteiger partial charge on any atom is -0.395 e. The predicted molar refractivity (Wildman–Crippen MR) is 54.7 cm³/mol. The van der Waals surface area contributed by atoms with Gasteiger partial charge in [-0.25, -0.2) is 0 Å². The molecule has 0 saturated carbocycles. The molecule has 1 heterocycles. The molecule has 0 spiro atoms.